The number of halogens is 1. The van der Waals surface area contributed by atoms with Crippen LogP contribution in [0.1, 0.15) is 43.5 Å². The summed E-state index contributed by atoms with van der Waals surface area (Å²) in [5.41, 5.74) is 1.40. The van der Waals surface area contributed by atoms with Gasteiger partial charge in [-0.3, -0.25) is 4.79 Å². The lowest BCUT2D eigenvalue weighted by molar-refractivity contribution is 0.0997. The van der Waals surface area contributed by atoms with Gasteiger partial charge < -0.3 is 4.57 Å². The Labute approximate surface area is 195 Å². The molecule has 166 valence electrons. The van der Waals surface area contributed by atoms with Crippen molar-refractivity contribution in [3.8, 4) is 0 Å². The number of aromatic nitrogens is 1. The van der Waals surface area contributed by atoms with Crippen LogP contribution in [-0.4, -0.2) is 36.8 Å². The van der Waals surface area contributed by atoms with Crippen LogP contribution in [-0.2, 0) is 16.6 Å². The highest BCUT2D eigenvalue weighted by Crippen LogP contribution is 2.23. The van der Waals surface area contributed by atoms with E-state index in [4.69, 9.17) is 0 Å². The number of fused-ring (bicyclic) bond motifs is 1. The number of aryl methyl sites for hydroxylation is 1. The van der Waals surface area contributed by atoms with Crippen LogP contribution in [0.25, 0.3) is 10.2 Å². The fraction of sp³-hybridized carbons (Fsp3) is 0.364. The van der Waals surface area contributed by atoms with Crippen molar-refractivity contribution in [1.29, 1.82) is 0 Å². The van der Waals surface area contributed by atoms with Gasteiger partial charge in [0.05, 0.1) is 15.1 Å². The standard InChI is InChI=1S/C22H26BrN3O3S2/c1-4-6-14-25(3)31(28,29)18-10-7-16(8-11-18)21(27)24-22-26(13-5-2)19-12-9-17(23)15-20(19)30-22/h7-12,15H,4-6,13-14H2,1-3H3. The summed E-state index contributed by atoms with van der Waals surface area (Å²) in [5, 5.41) is 0. The lowest BCUT2D eigenvalue weighted by Crippen LogP contribution is -2.27. The number of sulfonamides is 1. The van der Waals surface area contributed by atoms with Gasteiger partial charge in [0.2, 0.25) is 10.0 Å². The topological polar surface area (TPSA) is 71.7 Å². The molecule has 6 nitrogen and oxygen atoms in total. The van der Waals surface area contributed by atoms with Crippen molar-refractivity contribution in [2.24, 2.45) is 4.99 Å². The van der Waals surface area contributed by atoms with E-state index in [1.54, 1.807) is 7.05 Å². The van der Waals surface area contributed by atoms with Gasteiger partial charge in [-0.15, -0.1) is 0 Å². The molecule has 3 aromatic rings. The molecule has 0 radical (unpaired) electrons. The smallest absolute Gasteiger partial charge is 0.279 e. The predicted molar refractivity (Wildman–Crippen MR) is 129 cm³/mol. The fourth-order valence-corrected chi connectivity index (χ4v) is 5.99. The highest BCUT2D eigenvalue weighted by Gasteiger charge is 2.20. The fourth-order valence-electron chi connectivity index (χ4n) is 3.17. The molecule has 0 bridgehead atoms. The quantitative estimate of drug-likeness (QED) is 0.415. The summed E-state index contributed by atoms with van der Waals surface area (Å²) < 4.78 is 30.7. The average molecular weight is 525 g/mol. The van der Waals surface area contributed by atoms with Gasteiger partial charge in [0, 0.05) is 30.2 Å². The van der Waals surface area contributed by atoms with Crippen molar-refractivity contribution in [3.63, 3.8) is 0 Å². The minimum absolute atomic E-state index is 0.176. The van der Waals surface area contributed by atoms with E-state index in [1.165, 1.54) is 39.9 Å². The Morgan fingerprint density at radius 1 is 1.13 bits per heavy atom. The van der Waals surface area contributed by atoms with Crippen molar-refractivity contribution >= 4 is 53.4 Å². The number of benzene rings is 2. The summed E-state index contributed by atoms with van der Waals surface area (Å²) in [6.07, 6.45) is 2.64. The van der Waals surface area contributed by atoms with Gasteiger partial charge in [0.1, 0.15) is 0 Å². The third-order valence-corrected chi connectivity index (χ3v) is 8.33. The normalized spacial score (nSPS) is 12.7. The summed E-state index contributed by atoms with van der Waals surface area (Å²) >= 11 is 4.95. The monoisotopic (exact) mass is 523 g/mol. The SMILES string of the molecule is CCCCN(C)S(=O)(=O)c1ccc(C(=O)N=c2sc3cc(Br)ccc3n2CCC)cc1. The van der Waals surface area contributed by atoms with Gasteiger partial charge in [-0.2, -0.15) is 4.99 Å². The molecule has 9 heteroatoms. The molecule has 0 unspecified atom stereocenters. The molecular formula is C22H26BrN3O3S2. The molecule has 0 spiro atoms. The molecule has 0 fully saturated rings. The zero-order valence-corrected chi connectivity index (χ0v) is 21.1. The molecule has 2 aromatic carbocycles. The van der Waals surface area contributed by atoms with Crippen LogP contribution < -0.4 is 4.80 Å². The maximum atomic E-state index is 12.8. The van der Waals surface area contributed by atoms with E-state index < -0.39 is 15.9 Å². The average Bonchev–Trinajstić information content (AvgIpc) is 3.08. The van der Waals surface area contributed by atoms with Gasteiger partial charge >= 0.3 is 0 Å². The first-order valence-corrected chi connectivity index (χ1v) is 13.3. The van der Waals surface area contributed by atoms with Crippen LogP contribution >= 0.6 is 27.3 Å². The second-order valence-corrected chi connectivity index (χ2v) is 11.2. The second-order valence-electron chi connectivity index (χ2n) is 7.27. The molecule has 0 saturated heterocycles. The molecule has 1 amide bonds. The van der Waals surface area contributed by atoms with Crippen LogP contribution in [0.5, 0.6) is 0 Å². The number of nitrogens with zero attached hydrogens (tertiary/aromatic N) is 3. The number of unbranched alkanes of at least 4 members (excludes halogenated alkanes) is 1. The molecule has 31 heavy (non-hydrogen) atoms. The highest BCUT2D eigenvalue weighted by molar-refractivity contribution is 9.10. The zero-order chi connectivity index (χ0) is 22.6. The Hall–Kier alpha value is -1.81. The van der Waals surface area contributed by atoms with Gasteiger partial charge in [-0.05, 0) is 55.3 Å². The number of amides is 1. The number of hydrogen-bond donors (Lipinski definition) is 0. The van der Waals surface area contributed by atoms with Crippen molar-refractivity contribution in [1.82, 2.24) is 8.87 Å². The number of carbonyl (C=O) groups excluding carboxylic acids is 1. The van der Waals surface area contributed by atoms with Gasteiger partial charge in [0.25, 0.3) is 5.91 Å². The number of hydrogen-bond acceptors (Lipinski definition) is 4. The summed E-state index contributed by atoms with van der Waals surface area (Å²) in [6, 6.07) is 12.0. The maximum Gasteiger partial charge on any atom is 0.279 e. The van der Waals surface area contributed by atoms with E-state index in [2.05, 4.69) is 27.8 Å². The first kappa shape index (κ1) is 23.8. The third-order valence-electron chi connectivity index (χ3n) is 4.93. The molecule has 1 aromatic heterocycles. The third kappa shape index (κ3) is 5.34. The van der Waals surface area contributed by atoms with Gasteiger partial charge in [0.15, 0.2) is 4.80 Å². The molecule has 0 saturated carbocycles. The summed E-state index contributed by atoms with van der Waals surface area (Å²) in [7, 11) is -1.99. The molecule has 1 heterocycles. The molecule has 0 aliphatic carbocycles. The highest BCUT2D eigenvalue weighted by atomic mass is 79.9. The molecule has 0 N–H and O–H groups in total. The van der Waals surface area contributed by atoms with Crippen LogP contribution in [0.15, 0.2) is 56.8 Å². The van der Waals surface area contributed by atoms with Gasteiger partial charge in [-0.1, -0.05) is 47.5 Å². The number of carbonyl (C=O) groups is 1. The van der Waals surface area contributed by atoms with Crippen LogP contribution in [0, 0.1) is 0 Å². The van der Waals surface area contributed by atoms with E-state index in [-0.39, 0.29) is 4.90 Å². The first-order chi connectivity index (χ1) is 14.8. The second kappa shape index (κ2) is 10.2. The minimum Gasteiger partial charge on any atom is -0.316 e. The first-order valence-electron chi connectivity index (χ1n) is 10.2. The number of thiazole rings is 1. The van der Waals surface area contributed by atoms with E-state index in [9.17, 15) is 13.2 Å². The van der Waals surface area contributed by atoms with Crippen LogP contribution in [0.3, 0.4) is 0 Å². The number of rotatable bonds is 8. The Balaban J connectivity index is 1.92. The maximum absolute atomic E-state index is 12.8. The predicted octanol–water partition coefficient (Wildman–Crippen LogP) is 5.04. The molecule has 0 aliphatic heterocycles. The molecule has 0 aliphatic rings. The van der Waals surface area contributed by atoms with E-state index >= 15 is 0 Å². The zero-order valence-electron chi connectivity index (χ0n) is 17.8. The molecule has 0 atom stereocenters. The lowest BCUT2D eigenvalue weighted by Gasteiger charge is -2.16. The Kier molecular flexibility index (Phi) is 7.85. The minimum atomic E-state index is -3.56. The summed E-state index contributed by atoms with van der Waals surface area (Å²) in [4.78, 5) is 18.0. The lowest BCUT2D eigenvalue weighted by atomic mass is 10.2. The van der Waals surface area contributed by atoms with Gasteiger partial charge in [-0.25, -0.2) is 12.7 Å². The van der Waals surface area contributed by atoms with Crippen LogP contribution in [0.4, 0.5) is 0 Å². The Morgan fingerprint density at radius 3 is 2.48 bits per heavy atom. The van der Waals surface area contributed by atoms with Crippen LogP contribution in [0.2, 0.25) is 0 Å². The van der Waals surface area contributed by atoms with E-state index in [0.717, 1.165) is 40.5 Å². The Morgan fingerprint density at radius 2 is 1.84 bits per heavy atom. The summed E-state index contributed by atoms with van der Waals surface area (Å²) in [6.45, 7) is 5.32. The van der Waals surface area contributed by atoms with Crippen molar-refractivity contribution in [2.45, 2.75) is 44.6 Å². The van der Waals surface area contributed by atoms with E-state index in [0.29, 0.717) is 16.9 Å². The van der Waals surface area contributed by atoms with Crippen molar-refractivity contribution in [2.75, 3.05) is 13.6 Å². The largest absolute Gasteiger partial charge is 0.316 e. The Bertz CT molecular complexity index is 1250. The van der Waals surface area contributed by atoms with Crippen molar-refractivity contribution in [3.05, 3.63) is 57.3 Å². The molecular weight excluding hydrogens is 498 g/mol. The van der Waals surface area contributed by atoms with Crippen molar-refractivity contribution < 1.29 is 13.2 Å². The molecule has 3 rings (SSSR count). The van der Waals surface area contributed by atoms with E-state index in [1.807, 2.05) is 29.7 Å². The summed E-state index contributed by atoms with van der Waals surface area (Å²) in [5.74, 6) is -0.390.